The van der Waals surface area contributed by atoms with Crippen molar-refractivity contribution in [1.29, 1.82) is 0 Å². The van der Waals surface area contributed by atoms with E-state index in [4.69, 9.17) is 0 Å². The SMILES string of the molecule is CC(C)CN(CCN1C(=O)N[S+](c2ccccc2)c2ccccc21)CC(C)C. The van der Waals surface area contributed by atoms with E-state index in [0.29, 0.717) is 18.4 Å². The van der Waals surface area contributed by atoms with E-state index in [9.17, 15) is 4.79 Å². The fourth-order valence-corrected chi connectivity index (χ4v) is 5.45. The molecular weight excluding hydrogens is 366 g/mol. The van der Waals surface area contributed by atoms with Gasteiger partial charge in [-0.3, -0.25) is 4.90 Å². The zero-order chi connectivity index (χ0) is 20.1. The summed E-state index contributed by atoms with van der Waals surface area (Å²) in [6, 6.07) is 18.5. The van der Waals surface area contributed by atoms with Crippen LogP contribution in [0.25, 0.3) is 0 Å². The average Bonchev–Trinajstić information content (AvgIpc) is 2.66. The van der Waals surface area contributed by atoms with Gasteiger partial charge in [-0.15, -0.1) is 4.72 Å². The van der Waals surface area contributed by atoms with Gasteiger partial charge in [-0.25, -0.2) is 4.79 Å². The molecule has 0 saturated heterocycles. The molecule has 28 heavy (non-hydrogen) atoms. The first-order valence-electron chi connectivity index (χ1n) is 10.1. The highest BCUT2D eigenvalue weighted by atomic mass is 32.2. The molecule has 1 N–H and O–H groups in total. The molecule has 0 aromatic heterocycles. The summed E-state index contributed by atoms with van der Waals surface area (Å²) in [5, 5.41) is 0. The third-order valence-electron chi connectivity index (χ3n) is 4.68. The van der Waals surface area contributed by atoms with E-state index in [-0.39, 0.29) is 6.03 Å². The summed E-state index contributed by atoms with van der Waals surface area (Å²) >= 11 is -0.421. The Hall–Kier alpha value is -1.98. The van der Waals surface area contributed by atoms with Gasteiger partial charge in [0.1, 0.15) is 5.69 Å². The van der Waals surface area contributed by atoms with Gasteiger partial charge in [0, 0.05) is 26.2 Å². The zero-order valence-corrected chi connectivity index (χ0v) is 18.2. The van der Waals surface area contributed by atoms with Gasteiger partial charge in [0.05, 0.1) is 0 Å². The molecule has 0 aliphatic carbocycles. The van der Waals surface area contributed by atoms with Crippen molar-refractivity contribution in [2.75, 3.05) is 31.1 Å². The van der Waals surface area contributed by atoms with E-state index in [1.165, 1.54) is 4.90 Å². The number of para-hydroxylation sites is 1. The van der Waals surface area contributed by atoms with Crippen LogP contribution in [-0.4, -0.2) is 37.1 Å². The van der Waals surface area contributed by atoms with Gasteiger partial charge < -0.3 is 4.90 Å². The van der Waals surface area contributed by atoms with Crippen LogP contribution in [0.1, 0.15) is 27.7 Å². The minimum atomic E-state index is -0.421. The number of hydrogen-bond donors (Lipinski definition) is 1. The summed E-state index contributed by atoms with van der Waals surface area (Å²) in [5.41, 5.74) is 1.03. The number of amides is 2. The van der Waals surface area contributed by atoms with Crippen molar-refractivity contribution in [3.8, 4) is 0 Å². The Labute approximate surface area is 172 Å². The third kappa shape index (κ3) is 5.09. The van der Waals surface area contributed by atoms with Crippen LogP contribution in [0.4, 0.5) is 10.5 Å². The van der Waals surface area contributed by atoms with E-state index in [1.54, 1.807) is 0 Å². The van der Waals surface area contributed by atoms with Crippen LogP contribution in [-0.2, 0) is 11.1 Å². The lowest BCUT2D eigenvalue weighted by molar-refractivity contribution is 0.220. The summed E-state index contributed by atoms with van der Waals surface area (Å²) in [6.07, 6.45) is 0. The summed E-state index contributed by atoms with van der Waals surface area (Å²) in [4.78, 5) is 19.7. The predicted octanol–water partition coefficient (Wildman–Crippen LogP) is 4.78. The molecule has 2 amide bonds. The molecule has 0 radical (unpaired) electrons. The number of carbonyl (C=O) groups is 1. The van der Waals surface area contributed by atoms with Crippen LogP contribution in [0.2, 0.25) is 0 Å². The Morgan fingerprint density at radius 2 is 1.54 bits per heavy atom. The number of nitrogens with one attached hydrogen (secondary N) is 1. The number of anilines is 1. The molecule has 1 heterocycles. The molecule has 1 atom stereocenters. The van der Waals surface area contributed by atoms with Gasteiger partial charge in [0.2, 0.25) is 4.90 Å². The van der Waals surface area contributed by atoms with Crippen molar-refractivity contribution in [2.45, 2.75) is 37.5 Å². The lowest BCUT2D eigenvalue weighted by Gasteiger charge is -2.32. The smallest absolute Gasteiger partial charge is 0.301 e. The molecule has 2 aromatic carbocycles. The van der Waals surface area contributed by atoms with Gasteiger partial charge >= 0.3 is 6.03 Å². The third-order valence-corrected chi connectivity index (χ3v) is 6.58. The van der Waals surface area contributed by atoms with Crippen LogP contribution in [0, 0.1) is 11.8 Å². The Kier molecular flexibility index (Phi) is 7.03. The molecule has 0 fully saturated rings. The molecule has 1 unspecified atom stereocenters. The molecule has 0 saturated carbocycles. The molecule has 0 bridgehead atoms. The van der Waals surface area contributed by atoms with Gasteiger partial charge in [-0.05, 0) is 36.1 Å². The summed E-state index contributed by atoms with van der Waals surface area (Å²) in [6.45, 7) is 12.7. The number of nitrogens with zero attached hydrogens (tertiary/aromatic N) is 2. The van der Waals surface area contributed by atoms with Crippen molar-refractivity contribution in [3.63, 3.8) is 0 Å². The zero-order valence-electron chi connectivity index (χ0n) is 17.4. The maximum atomic E-state index is 13.0. The van der Waals surface area contributed by atoms with Crippen LogP contribution < -0.4 is 9.62 Å². The average molecular weight is 399 g/mol. The largest absolute Gasteiger partial charge is 0.364 e. The standard InChI is InChI=1S/C23H31N3OS/c1-18(2)16-25(17-19(3)4)14-15-26-21-12-8-9-13-22(21)28(24-23(26)27)20-10-6-5-7-11-20/h5-13,18-19H,14-17H2,1-4H3/p+1. The molecule has 150 valence electrons. The van der Waals surface area contributed by atoms with Gasteiger partial charge in [0.25, 0.3) is 0 Å². The molecule has 2 aromatic rings. The Bertz CT molecular complexity index is 768. The van der Waals surface area contributed by atoms with Crippen LogP contribution in [0.15, 0.2) is 64.4 Å². The highest BCUT2D eigenvalue weighted by Gasteiger charge is 2.40. The van der Waals surface area contributed by atoms with Crippen molar-refractivity contribution >= 4 is 22.8 Å². The van der Waals surface area contributed by atoms with Crippen molar-refractivity contribution < 1.29 is 4.79 Å². The van der Waals surface area contributed by atoms with Gasteiger partial charge in [-0.2, -0.15) is 0 Å². The number of hydrogen-bond acceptors (Lipinski definition) is 2. The van der Waals surface area contributed by atoms with Gasteiger partial charge in [0.15, 0.2) is 16.0 Å². The first-order valence-corrected chi connectivity index (χ1v) is 11.4. The predicted molar refractivity (Wildman–Crippen MR) is 119 cm³/mol. The lowest BCUT2D eigenvalue weighted by Crippen LogP contribution is -2.50. The summed E-state index contributed by atoms with van der Waals surface area (Å²) < 4.78 is 3.24. The minimum absolute atomic E-state index is 0.0000646. The molecular formula is C23H32N3OS+. The number of fused-ring (bicyclic) bond motifs is 1. The van der Waals surface area contributed by atoms with E-state index in [2.05, 4.69) is 67.6 Å². The fourth-order valence-electron chi connectivity index (χ4n) is 3.66. The Morgan fingerprint density at radius 1 is 0.929 bits per heavy atom. The summed E-state index contributed by atoms with van der Waals surface area (Å²) in [7, 11) is 0. The molecule has 4 nitrogen and oxygen atoms in total. The van der Waals surface area contributed by atoms with Crippen molar-refractivity contribution in [3.05, 3.63) is 54.6 Å². The van der Waals surface area contributed by atoms with E-state index in [1.807, 2.05) is 29.2 Å². The second kappa shape index (κ2) is 9.48. The second-order valence-electron chi connectivity index (χ2n) is 8.19. The van der Waals surface area contributed by atoms with E-state index >= 15 is 0 Å². The highest BCUT2D eigenvalue weighted by Crippen LogP contribution is 2.34. The first kappa shape index (κ1) is 20.7. The highest BCUT2D eigenvalue weighted by molar-refractivity contribution is 7.96. The lowest BCUT2D eigenvalue weighted by atomic mass is 10.1. The van der Waals surface area contributed by atoms with Gasteiger partial charge in [-0.1, -0.05) is 58.0 Å². The van der Waals surface area contributed by atoms with E-state index in [0.717, 1.165) is 30.2 Å². The van der Waals surface area contributed by atoms with Crippen molar-refractivity contribution in [1.82, 2.24) is 9.62 Å². The number of rotatable bonds is 8. The second-order valence-corrected chi connectivity index (χ2v) is 9.92. The topological polar surface area (TPSA) is 35.6 Å². The molecule has 1 aliphatic heterocycles. The van der Waals surface area contributed by atoms with E-state index < -0.39 is 11.1 Å². The quantitative estimate of drug-likeness (QED) is 0.650. The summed E-state index contributed by atoms with van der Waals surface area (Å²) in [5.74, 6) is 1.23. The fraction of sp³-hybridized carbons (Fsp3) is 0.435. The molecule has 3 rings (SSSR count). The number of benzene rings is 2. The maximum absolute atomic E-state index is 13.0. The molecule has 0 spiro atoms. The maximum Gasteiger partial charge on any atom is 0.364 e. The van der Waals surface area contributed by atoms with Crippen molar-refractivity contribution in [2.24, 2.45) is 11.8 Å². The number of urea groups is 1. The molecule has 1 aliphatic rings. The molecule has 5 heteroatoms. The minimum Gasteiger partial charge on any atom is -0.301 e. The Balaban J connectivity index is 1.80. The van der Waals surface area contributed by atoms with Crippen LogP contribution in [0.5, 0.6) is 0 Å². The normalized spacial score (nSPS) is 16.6. The van der Waals surface area contributed by atoms with Crippen LogP contribution >= 0.6 is 0 Å². The Morgan fingerprint density at radius 3 is 2.18 bits per heavy atom. The first-order chi connectivity index (χ1) is 13.5. The van der Waals surface area contributed by atoms with Crippen LogP contribution in [0.3, 0.4) is 0 Å². The number of carbonyl (C=O) groups excluding carboxylic acids is 1. The monoisotopic (exact) mass is 398 g/mol.